The first-order valence-electron chi connectivity index (χ1n) is 18.7. The van der Waals surface area contributed by atoms with Crippen molar-refractivity contribution in [2.75, 3.05) is 0 Å². The molecular formula is C38H52O13. The molecular weight excluding hydrogens is 664 g/mol. The average Bonchev–Trinajstić information content (AvgIpc) is 3.92. The van der Waals surface area contributed by atoms with Crippen LogP contribution in [-0.2, 0) is 52.4 Å². The van der Waals surface area contributed by atoms with Crippen LogP contribution in [0.4, 0.5) is 0 Å². The van der Waals surface area contributed by atoms with Gasteiger partial charge in [0.25, 0.3) is 0 Å². The van der Waals surface area contributed by atoms with E-state index < -0.39 is 130 Å². The van der Waals surface area contributed by atoms with E-state index in [-0.39, 0.29) is 30.1 Å². The Morgan fingerprint density at radius 2 is 1.51 bits per heavy atom. The van der Waals surface area contributed by atoms with Crippen molar-refractivity contribution in [3.63, 3.8) is 0 Å². The van der Waals surface area contributed by atoms with Gasteiger partial charge >= 0.3 is 23.9 Å². The third kappa shape index (κ3) is 4.04. The van der Waals surface area contributed by atoms with E-state index in [1.54, 1.807) is 6.92 Å². The summed E-state index contributed by atoms with van der Waals surface area (Å²) in [5.74, 6) is -9.38. The van der Waals surface area contributed by atoms with Gasteiger partial charge in [0.1, 0.15) is 24.4 Å². The van der Waals surface area contributed by atoms with E-state index in [0.717, 1.165) is 0 Å². The van der Waals surface area contributed by atoms with E-state index in [2.05, 4.69) is 0 Å². The van der Waals surface area contributed by atoms with Crippen LogP contribution in [0.25, 0.3) is 0 Å². The number of epoxide rings is 2. The first kappa shape index (κ1) is 35.4. The largest absolute Gasteiger partial charge is 0.462 e. The Balaban J connectivity index is 1.36. The van der Waals surface area contributed by atoms with Crippen molar-refractivity contribution in [2.24, 2.45) is 69.5 Å². The second-order valence-electron chi connectivity index (χ2n) is 18.4. The molecule has 0 bridgehead atoms. The molecule has 8 aliphatic rings. The normalized spacial score (nSPS) is 56.9. The minimum Gasteiger partial charge on any atom is -0.462 e. The molecule has 20 atom stereocenters. The molecule has 5 aliphatic carbocycles. The molecule has 2 N–H and O–H groups in total. The highest BCUT2D eigenvalue weighted by atomic mass is 16.8. The lowest BCUT2D eigenvalue weighted by Gasteiger charge is -2.66. The van der Waals surface area contributed by atoms with E-state index >= 15 is 4.79 Å². The summed E-state index contributed by atoms with van der Waals surface area (Å²) in [6.07, 6.45) is -5.14. The van der Waals surface area contributed by atoms with Crippen LogP contribution in [0.15, 0.2) is 0 Å². The maximum Gasteiger partial charge on any atom is 0.341 e. The van der Waals surface area contributed by atoms with Gasteiger partial charge in [-0.2, -0.15) is 0 Å². The first-order valence-corrected chi connectivity index (χ1v) is 18.7. The van der Waals surface area contributed by atoms with Gasteiger partial charge in [-0.15, -0.1) is 0 Å². The second kappa shape index (κ2) is 10.5. The molecule has 3 saturated heterocycles. The molecule has 0 aromatic heterocycles. The number of fused-ring (bicyclic) bond motifs is 9. The molecule has 0 radical (unpaired) electrons. The average molecular weight is 717 g/mol. The third-order valence-electron chi connectivity index (χ3n) is 15.6. The monoisotopic (exact) mass is 716 g/mol. The van der Waals surface area contributed by atoms with Crippen LogP contribution in [0.1, 0.15) is 82.1 Å². The Kier molecular flexibility index (Phi) is 7.32. The maximum absolute atomic E-state index is 15.1. The van der Waals surface area contributed by atoms with E-state index in [1.165, 1.54) is 20.8 Å². The molecule has 8 rings (SSSR count). The summed E-state index contributed by atoms with van der Waals surface area (Å²) in [6.45, 7) is 17.4. The van der Waals surface area contributed by atoms with Gasteiger partial charge in [-0.3, -0.25) is 19.2 Å². The van der Waals surface area contributed by atoms with Gasteiger partial charge in [-0.1, -0.05) is 41.5 Å². The summed E-state index contributed by atoms with van der Waals surface area (Å²) >= 11 is 0. The number of Topliss-reactive ketones (excluding diaryl/α,β-unsaturated/α-hetero) is 1. The van der Waals surface area contributed by atoms with Crippen LogP contribution in [-0.4, -0.2) is 94.0 Å². The van der Waals surface area contributed by atoms with Gasteiger partial charge in [0.05, 0.1) is 17.6 Å². The fraction of sp³-hybridized carbons (Fsp3) is 0.868. The van der Waals surface area contributed by atoms with E-state index in [0.29, 0.717) is 6.42 Å². The number of carbonyl (C=O) groups is 5. The minimum absolute atomic E-state index is 0.0458. The molecule has 3 heterocycles. The van der Waals surface area contributed by atoms with Crippen molar-refractivity contribution in [3.8, 4) is 0 Å². The summed E-state index contributed by atoms with van der Waals surface area (Å²) in [5, 5.41) is 25.0. The number of rotatable bonds is 5. The summed E-state index contributed by atoms with van der Waals surface area (Å²) in [6, 6.07) is 0. The molecule has 1 spiro atoms. The quantitative estimate of drug-likeness (QED) is 0.240. The maximum atomic E-state index is 15.1. The van der Waals surface area contributed by atoms with Crippen molar-refractivity contribution in [3.05, 3.63) is 0 Å². The van der Waals surface area contributed by atoms with Gasteiger partial charge in [0.2, 0.25) is 5.79 Å². The van der Waals surface area contributed by atoms with Gasteiger partial charge in [-0.05, 0) is 49.9 Å². The van der Waals surface area contributed by atoms with Crippen molar-refractivity contribution in [1.29, 1.82) is 0 Å². The Hall–Kier alpha value is -2.61. The third-order valence-corrected chi connectivity index (χ3v) is 15.6. The molecule has 0 amide bonds. The predicted molar refractivity (Wildman–Crippen MR) is 173 cm³/mol. The number of carbonyl (C=O) groups excluding carboxylic acids is 5. The van der Waals surface area contributed by atoms with Crippen molar-refractivity contribution < 1.29 is 62.6 Å². The highest BCUT2D eigenvalue weighted by Gasteiger charge is 2.93. The highest BCUT2D eigenvalue weighted by Crippen LogP contribution is 2.81. The topological polar surface area (TPSA) is 188 Å². The lowest BCUT2D eigenvalue weighted by atomic mass is 9.39. The Bertz CT molecular complexity index is 1610. The Morgan fingerprint density at radius 1 is 0.882 bits per heavy atom. The molecule has 8 fully saturated rings. The molecule has 0 aromatic carbocycles. The molecule has 5 saturated carbocycles. The van der Waals surface area contributed by atoms with E-state index in [4.69, 9.17) is 28.4 Å². The minimum atomic E-state index is -2.05. The number of ketones is 1. The second-order valence-corrected chi connectivity index (χ2v) is 18.4. The van der Waals surface area contributed by atoms with Crippen molar-refractivity contribution in [2.45, 2.75) is 136 Å². The number of esters is 4. The van der Waals surface area contributed by atoms with Gasteiger partial charge in [-0.25, -0.2) is 4.79 Å². The van der Waals surface area contributed by atoms with Crippen LogP contribution in [0.3, 0.4) is 0 Å². The van der Waals surface area contributed by atoms with Crippen LogP contribution < -0.4 is 0 Å². The van der Waals surface area contributed by atoms with Crippen LogP contribution in [0.5, 0.6) is 0 Å². The highest BCUT2D eigenvalue weighted by molar-refractivity contribution is 5.90. The number of aliphatic hydroxyl groups excluding tert-OH is 1. The summed E-state index contributed by atoms with van der Waals surface area (Å²) < 4.78 is 36.9. The first-order chi connectivity index (χ1) is 23.6. The lowest BCUT2D eigenvalue weighted by molar-refractivity contribution is -0.255. The van der Waals surface area contributed by atoms with E-state index in [9.17, 15) is 29.4 Å². The molecule has 0 aromatic rings. The molecule has 3 aliphatic heterocycles. The zero-order valence-corrected chi connectivity index (χ0v) is 31.0. The van der Waals surface area contributed by atoms with E-state index in [1.807, 2.05) is 41.5 Å². The van der Waals surface area contributed by atoms with Gasteiger partial charge in [0, 0.05) is 54.8 Å². The smallest absolute Gasteiger partial charge is 0.341 e. The van der Waals surface area contributed by atoms with Crippen molar-refractivity contribution in [1.82, 2.24) is 0 Å². The summed E-state index contributed by atoms with van der Waals surface area (Å²) in [5.41, 5.74) is -5.62. The van der Waals surface area contributed by atoms with Crippen LogP contribution in [0.2, 0.25) is 0 Å². The number of hydrogen-bond donors (Lipinski definition) is 2. The number of ether oxygens (including phenoxy) is 6. The standard InChI is InChI=1S/C38H52O13/c1-13(2)11-20(41)49-29-21-22(34(7)18(26(29)42)12-19-28(48-19)32(34)47-17(6)40)14(3)30(46-16(5)39)35(8)23-15(4)31-38(50-31)36(9,25(23)27(43)24(21)35)37(10,45)33(44)51-38/h13-15,18-19,21-25,27-32,43,45H,11-12H2,1-10H3/t14-,15-,18+,19-,21+,22-,23-,24+,25-,27+,28-,29+,30-,31+,32-,34-,35+,36-,37+,38-/m0/s1. The summed E-state index contributed by atoms with van der Waals surface area (Å²) in [4.78, 5) is 67.8. The Labute approximate surface area is 297 Å². The fourth-order valence-corrected chi connectivity index (χ4v) is 13.8. The summed E-state index contributed by atoms with van der Waals surface area (Å²) in [7, 11) is 0. The molecule has 282 valence electrons. The molecule has 13 heteroatoms. The number of hydrogen-bond acceptors (Lipinski definition) is 13. The SMILES string of the molecule is CC(=O)O[C@H]1[C@@H](C)[C@H]2[C@H]([C@@H]3[C@@H](O)[C@@H]4[C@H]([C@H](C)[C@H]5O[C@]56OC(=O)[C@@](C)(O)[C@]46C)[C@]31C)[C@@H](OC(=O)CC(C)C)C(=O)[C@H]1C[C@@H]3O[C@@H]3[C@H](OC(C)=O)[C@]21C. The van der Waals surface area contributed by atoms with Gasteiger partial charge < -0.3 is 38.6 Å². The number of aliphatic hydroxyl groups is 2. The molecule has 0 unspecified atom stereocenters. The Morgan fingerprint density at radius 3 is 2.12 bits per heavy atom. The fourth-order valence-electron chi connectivity index (χ4n) is 13.8. The molecule has 51 heavy (non-hydrogen) atoms. The lowest BCUT2D eigenvalue weighted by Crippen LogP contribution is -2.72. The molecule has 13 nitrogen and oxygen atoms in total. The zero-order valence-electron chi connectivity index (χ0n) is 31.0. The van der Waals surface area contributed by atoms with Gasteiger partial charge in [0.15, 0.2) is 17.5 Å². The van der Waals surface area contributed by atoms with Crippen LogP contribution >= 0.6 is 0 Å². The zero-order chi connectivity index (χ0) is 37.3. The van der Waals surface area contributed by atoms with Crippen molar-refractivity contribution >= 4 is 29.7 Å². The predicted octanol–water partition coefficient (Wildman–Crippen LogP) is 2.35. The van der Waals surface area contributed by atoms with Crippen LogP contribution in [0, 0.1) is 69.5 Å².